The highest BCUT2D eigenvalue weighted by Gasteiger charge is 2.34. The van der Waals surface area contributed by atoms with Gasteiger partial charge in [-0.05, 0) is 56.2 Å². The lowest BCUT2D eigenvalue weighted by Gasteiger charge is -2.32. The summed E-state index contributed by atoms with van der Waals surface area (Å²) in [5.41, 5.74) is 6.41. The van der Waals surface area contributed by atoms with Crippen molar-refractivity contribution in [1.29, 1.82) is 5.26 Å². The Bertz CT molecular complexity index is 688. The Balaban J connectivity index is 1.91. The molecule has 0 saturated carbocycles. The van der Waals surface area contributed by atoms with Crippen molar-refractivity contribution < 1.29 is 0 Å². The number of benzene rings is 2. The third-order valence-corrected chi connectivity index (χ3v) is 4.58. The van der Waals surface area contributed by atoms with Crippen LogP contribution >= 0.6 is 0 Å². The second kappa shape index (κ2) is 5.37. The first kappa shape index (κ1) is 13.9. The smallest absolute Gasteiger partial charge is 0.0696 e. The average Bonchev–Trinajstić information content (AvgIpc) is 2.46. The molecule has 0 heterocycles. The number of aryl methyl sites for hydroxylation is 3. The molecular formula is C20H21N. The summed E-state index contributed by atoms with van der Waals surface area (Å²) in [4.78, 5) is 0. The molecule has 1 aliphatic rings. The van der Waals surface area contributed by atoms with Crippen LogP contribution < -0.4 is 0 Å². The Hall–Kier alpha value is -2.07. The van der Waals surface area contributed by atoms with E-state index < -0.39 is 0 Å². The summed E-state index contributed by atoms with van der Waals surface area (Å²) in [5.74, 6) is 0. The average molecular weight is 275 g/mol. The van der Waals surface area contributed by atoms with Crippen LogP contribution in [0.4, 0.5) is 0 Å². The molecule has 1 nitrogen and oxygen atoms in total. The second-order valence-electron chi connectivity index (χ2n) is 6.51. The molecule has 0 radical (unpaired) electrons. The Morgan fingerprint density at radius 1 is 1.05 bits per heavy atom. The molecule has 21 heavy (non-hydrogen) atoms. The second-order valence-corrected chi connectivity index (χ2v) is 6.51. The number of nitrogens with zero attached hydrogens (tertiary/aromatic N) is 1. The maximum absolute atomic E-state index is 9.82. The van der Waals surface area contributed by atoms with Crippen molar-refractivity contribution in [2.75, 3.05) is 0 Å². The lowest BCUT2D eigenvalue weighted by molar-refractivity contribution is 0.339. The fourth-order valence-electron chi connectivity index (χ4n) is 3.65. The van der Waals surface area contributed by atoms with Gasteiger partial charge in [0.15, 0.2) is 0 Å². The molecule has 0 spiro atoms. The number of hydrogen-bond acceptors (Lipinski definition) is 1. The molecule has 2 aromatic rings. The highest BCUT2D eigenvalue weighted by Crippen LogP contribution is 2.38. The van der Waals surface area contributed by atoms with Crippen LogP contribution in [0.25, 0.3) is 0 Å². The Morgan fingerprint density at radius 2 is 1.71 bits per heavy atom. The first-order valence-corrected chi connectivity index (χ1v) is 7.65. The summed E-state index contributed by atoms with van der Waals surface area (Å²) in [7, 11) is 0. The predicted octanol–water partition coefficient (Wildman–Crippen LogP) is 4.54. The highest BCUT2D eigenvalue weighted by atomic mass is 14.4. The fourth-order valence-corrected chi connectivity index (χ4v) is 3.65. The van der Waals surface area contributed by atoms with Gasteiger partial charge in [0, 0.05) is 0 Å². The molecule has 1 heteroatoms. The lowest BCUT2D eigenvalue weighted by atomic mass is 9.69. The number of rotatable bonds is 2. The van der Waals surface area contributed by atoms with Crippen molar-refractivity contribution in [3.05, 3.63) is 70.3 Å². The van der Waals surface area contributed by atoms with E-state index in [1.807, 2.05) is 0 Å². The summed E-state index contributed by atoms with van der Waals surface area (Å²) in [6, 6.07) is 17.9. The van der Waals surface area contributed by atoms with Gasteiger partial charge in [0.2, 0.25) is 0 Å². The van der Waals surface area contributed by atoms with Crippen LogP contribution in [-0.4, -0.2) is 0 Å². The van der Waals surface area contributed by atoms with Crippen LogP contribution in [0, 0.1) is 30.6 Å². The van der Waals surface area contributed by atoms with E-state index in [2.05, 4.69) is 62.4 Å². The normalized spacial score (nSPS) is 20.6. The minimum atomic E-state index is -0.241. The number of fused-ring (bicyclic) bond motifs is 1. The summed E-state index contributed by atoms with van der Waals surface area (Å²) >= 11 is 0. The molecule has 0 N–H and O–H groups in total. The third-order valence-electron chi connectivity index (χ3n) is 4.58. The van der Waals surface area contributed by atoms with Gasteiger partial charge in [0.05, 0.1) is 11.5 Å². The summed E-state index contributed by atoms with van der Waals surface area (Å²) in [5, 5.41) is 9.82. The van der Waals surface area contributed by atoms with Gasteiger partial charge in [0.1, 0.15) is 0 Å². The molecule has 0 bridgehead atoms. The molecular weight excluding hydrogens is 254 g/mol. The maximum atomic E-state index is 9.82. The van der Waals surface area contributed by atoms with Crippen LogP contribution in [0.3, 0.4) is 0 Å². The summed E-state index contributed by atoms with van der Waals surface area (Å²) in [6.07, 6.45) is 3.73. The third kappa shape index (κ3) is 2.85. The lowest BCUT2D eigenvalue weighted by Crippen LogP contribution is -2.29. The standard InChI is InChI=1S/C20H21N/c1-15-9-16(2)11-17(10-15)12-20(14-21)8-7-18-5-3-4-6-19(18)13-20/h3-6,9-11H,7-8,12-13H2,1-2H3. The monoisotopic (exact) mass is 275 g/mol. The van der Waals surface area contributed by atoms with Crippen LogP contribution in [0.15, 0.2) is 42.5 Å². The topological polar surface area (TPSA) is 23.8 Å². The molecule has 0 aliphatic heterocycles. The van der Waals surface area contributed by atoms with E-state index in [1.54, 1.807) is 0 Å². The largest absolute Gasteiger partial charge is 0.198 e. The SMILES string of the molecule is Cc1cc(C)cc(CC2(C#N)CCc3ccccc3C2)c1. The molecule has 3 rings (SSSR count). The number of nitriles is 1. The van der Waals surface area contributed by atoms with E-state index in [9.17, 15) is 5.26 Å². The zero-order valence-corrected chi connectivity index (χ0v) is 12.8. The van der Waals surface area contributed by atoms with Gasteiger partial charge >= 0.3 is 0 Å². The fraction of sp³-hybridized carbons (Fsp3) is 0.350. The first-order valence-electron chi connectivity index (χ1n) is 7.65. The summed E-state index contributed by atoms with van der Waals surface area (Å²) < 4.78 is 0. The van der Waals surface area contributed by atoms with Gasteiger partial charge < -0.3 is 0 Å². The maximum Gasteiger partial charge on any atom is 0.0696 e. The van der Waals surface area contributed by atoms with Gasteiger partial charge in [-0.25, -0.2) is 0 Å². The molecule has 106 valence electrons. The van der Waals surface area contributed by atoms with E-state index >= 15 is 0 Å². The van der Waals surface area contributed by atoms with Gasteiger partial charge in [-0.15, -0.1) is 0 Å². The number of hydrogen-bond donors (Lipinski definition) is 0. The van der Waals surface area contributed by atoms with Gasteiger partial charge in [-0.1, -0.05) is 53.6 Å². The molecule has 0 fully saturated rings. The van der Waals surface area contributed by atoms with Crippen LogP contribution in [-0.2, 0) is 19.3 Å². The van der Waals surface area contributed by atoms with E-state index in [0.29, 0.717) is 0 Å². The van der Waals surface area contributed by atoms with Gasteiger partial charge in [0.25, 0.3) is 0 Å². The van der Waals surface area contributed by atoms with Crippen LogP contribution in [0.2, 0.25) is 0 Å². The Labute approximate surface area is 127 Å². The van der Waals surface area contributed by atoms with Crippen molar-refractivity contribution in [3.8, 4) is 6.07 Å². The van der Waals surface area contributed by atoms with Crippen molar-refractivity contribution in [2.24, 2.45) is 5.41 Å². The van der Waals surface area contributed by atoms with E-state index in [4.69, 9.17) is 0 Å². The molecule has 1 aliphatic carbocycles. The minimum Gasteiger partial charge on any atom is -0.198 e. The Morgan fingerprint density at radius 3 is 2.38 bits per heavy atom. The Kier molecular flexibility index (Phi) is 3.55. The van der Waals surface area contributed by atoms with Crippen molar-refractivity contribution in [2.45, 2.75) is 39.5 Å². The first-order chi connectivity index (χ1) is 10.1. The molecule has 0 saturated heterocycles. The van der Waals surface area contributed by atoms with E-state index in [1.165, 1.54) is 27.8 Å². The van der Waals surface area contributed by atoms with E-state index in [-0.39, 0.29) is 5.41 Å². The van der Waals surface area contributed by atoms with E-state index in [0.717, 1.165) is 25.7 Å². The van der Waals surface area contributed by atoms with Crippen molar-refractivity contribution in [1.82, 2.24) is 0 Å². The quantitative estimate of drug-likeness (QED) is 0.789. The summed E-state index contributed by atoms with van der Waals surface area (Å²) in [6.45, 7) is 4.26. The zero-order chi connectivity index (χ0) is 14.9. The highest BCUT2D eigenvalue weighted by molar-refractivity contribution is 5.35. The van der Waals surface area contributed by atoms with Crippen LogP contribution in [0.5, 0.6) is 0 Å². The minimum absolute atomic E-state index is 0.241. The van der Waals surface area contributed by atoms with Crippen molar-refractivity contribution in [3.63, 3.8) is 0 Å². The van der Waals surface area contributed by atoms with Crippen molar-refractivity contribution >= 4 is 0 Å². The predicted molar refractivity (Wildman–Crippen MR) is 86.1 cm³/mol. The molecule has 1 unspecified atom stereocenters. The van der Waals surface area contributed by atoms with Gasteiger partial charge in [-0.2, -0.15) is 5.26 Å². The van der Waals surface area contributed by atoms with Crippen LogP contribution in [0.1, 0.15) is 34.2 Å². The molecule has 0 amide bonds. The molecule has 0 aromatic heterocycles. The molecule has 1 atom stereocenters. The zero-order valence-electron chi connectivity index (χ0n) is 12.8. The van der Waals surface area contributed by atoms with Gasteiger partial charge in [-0.3, -0.25) is 0 Å². The molecule has 2 aromatic carbocycles.